The zero-order valence-corrected chi connectivity index (χ0v) is 6.49. The van der Waals surface area contributed by atoms with Crippen LogP contribution in [0.15, 0.2) is 0 Å². The molecule has 8 heavy (non-hydrogen) atoms. The van der Waals surface area contributed by atoms with Crippen molar-refractivity contribution in [1.82, 2.24) is 5.32 Å². The van der Waals surface area contributed by atoms with Crippen molar-refractivity contribution in [2.24, 2.45) is 0 Å². The summed E-state index contributed by atoms with van der Waals surface area (Å²) in [6, 6.07) is 0. The molecule has 0 amide bonds. The van der Waals surface area contributed by atoms with Gasteiger partial charge >= 0.3 is 0 Å². The Hall–Kier alpha value is 0.400. The standard InChI is InChI=1S/C5H10BrNO/c1-5(6)4-7-2-3-8-5/h7H,2-4H2,1H3. The maximum atomic E-state index is 5.32. The molecule has 0 radical (unpaired) electrons. The summed E-state index contributed by atoms with van der Waals surface area (Å²) in [6.45, 7) is 4.69. The maximum Gasteiger partial charge on any atom is 0.132 e. The lowest BCUT2D eigenvalue weighted by Crippen LogP contribution is -2.43. The Bertz CT molecular complexity index is 76.5. The van der Waals surface area contributed by atoms with Crippen molar-refractivity contribution in [1.29, 1.82) is 0 Å². The van der Waals surface area contributed by atoms with Gasteiger partial charge in [-0.1, -0.05) is 15.9 Å². The predicted octanol–water partition coefficient (Wildman–Crippen LogP) is 0.717. The minimum absolute atomic E-state index is 0.120. The van der Waals surface area contributed by atoms with Gasteiger partial charge in [0.25, 0.3) is 0 Å². The fourth-order valence-corrected chi connectivity index (χ4v) is 1.06. The number of rotatable bonds is 0. The number of hydrogen-bond acceptors (Lipinski definition) is 2. The molecule has 0 bridgehead atoms. The number of nitrogens with one attached hydrogen (secondary N) is 1. The third-order valence-corrected chi connectivity index (χ3v) is 1.63. The quantitative estimate of drug-likeness (QED) is 0.554. The van der Waals surface area contributed by atoms with Gasteiger partial charge in [-0.3, -0.25) is 0 Å². The maximum absolute atomic E-state index is 5.32. The molecule has 1 fully saturated rings. The summed E-state index contributed by atoms with van der Waals surface area (Å²) in [7, 11) is 0. The average Bonchev–Trinajstić information content (AvgIpc) is 1.65. The van der Waals surface area contributed by atoms with E-state index in [9.17, 15) is 0 Å². The summed E-state index contributed by atoms with van der Waals surface area (Å²) < 4.78 is 5.20. The fraction of sp³-hybridized carbons (Fsp3) is 1.00. The van der Waals surface area contributed by atoms with E-state index >= 15 is 0 Å². The van der Waals surface area contributed by atoms with E-state index in [-0.39, 0.29) is 4.51 Å². The lowest BCUT2D eigenvalue weighted by Gasteiger charge is -2.28. The van der Waals surface area contributed by atoms with Gasteiger partial charge in [0.05, 0.1) is 6.61 Å². The highest BCUT2D eigenvalue weighted by molar-refractivity contribution is 9.10. The van der Waals surface area contributed by atoms with Crippen LogP contribution in [0.5, 0.6) is 0 Å². The van der Waals surface area contributed by atoms with Gasteiger partial charge in [0.2, 0.25) is 0 Å². The minimum atomic E-state index is -0.120. The van der Waals surface area contributed by atoms with Gasteiger partial charge in [0, 0.05) is 13.1 Å². The molecule has 1 saturated heterocycles. The van der Waals surface area contributed by atoms with Crippen molar-refractivity contribution in [3.63, 3.8) is 0 Å². The summed E-state index contributed by atoms with van der Waals surface area (Å²) in [5.74, 6) is 0. The molecule has 0 saturated carbocycles. The van der Waals surface area contributed by atoms with Gasteiger partial charge in [-0.05, 0) is 6.92 Å². The van der Waals surface area contributed by atoms with Crippen LogP contribution in [-0.4, -0.2) is 24.2 Å². The first-order chi connectivity index (χ1) is 3.71. The summed E-state index contributed by atoms with van der Waals surface area (Å²) in [4.78, 5) is 0. The van der Waals surface area contributed by atoms with Crippen molar-refractivity contribution in [2.75, 3.05) is 19.7 Å². The highest BCUT2D eigenvalue weighted by atomic mass is 79.9. The lowest BCUT2D eigenvalue weighted by atomic mass is 10.3. The van der Waals surface area contributed by atoms with Crippen molar-refractivity contribution in [2.45, 2.75) is 11.4 Å². The number of ether oxygens (including phenoxy) is 1. The van der Waals surface area contributed by atoms with E-state index in [2.05, 4.69) is 21.2 Å². The molecule has 48 valence electrons. The Labute approximate surface area is 57.7 Å². The van der Waals surface area contributed by atoms with Crippen LogP contribution in [0.4, 0.5) is 0 Å². The molecule has 2 nitrogen and oxygen atoms in total. The topological polar surface area (TPSA) is 21.3 Å². The minimum Gasteiger partial charge on any atom is -0.361 e. The van der Waals surface area contributed by atoms with E-state index in [1.807, 2.05) is 6.92 Å². The number of morpholine rings is 1. The summed E-state index contributed by atoms with van der Waals surface area (Å²) in [5.41, 5.74) is 0. The van der Waals surface area contributed by atoms with E-state index in [1.165, 1.54) is 0 Å². The SMILES string of the molecule is CC1(Br)CNCCO1. The molecule has 3 heteroatoms. The molecule has 1 rings (SSSR count). The zero-order chi connectivity index (χ0) is 6.04. The fourth-order valence-electron chi connectivity index (χ4n) is 0.699. The molecule has 1 atom stereocenters. The Balaban J connectivity index is 2.33. The predicted molar refractivity (Wildman–Crippen MR) is 36.2 cm³/mol. The molecule has 0 spiro atoms. The van der Waals surface area contributed by atoms with Crippen molar-refractivity contribution in [3.8, 4) is 0 Å². The number of alkyl halides is 1. The molecule has 1 unspecified atom stereocenters. The van der Waals surface area contributed by atoms with Crippen molar-refractivity contribution >= 4 is 15.9 Å². The molecule has 1 aliphatic heterocycles. The van der Waals surface area contributed by atoms with E-state index in [4.69, 9.17) is 4.74 Å². The van der Waals surface area contributed by atoms with Crippen LogP contribution in [0, 0.1) is 0 Å². The number of halogens is 1. The van der Waals surface area contributed by atoms with Gasteiger partial charge < -0.3 is 10.1 Å². The second kappa shape index (κ2) is 2.33. The largest absolute Gasteiger partial charge is 0.361 e. The van der Waals surface area contributed by atoms with Crippen LogP contribution in [-0.2, 0) is 4.74 Å². The first-order valence-corrected chi connectivity index (χ1v) is 3.54. The molecule has 0 aromatic rings. The monoisotopic (exact) mass is 179 g/mol. The Morgan fingerprint density at radius 2 is 2.50 bits per heavy atom. The van der Waals surface area contributed by atoms with Crippen molar-refractivity contribution < 1.29 is 4.74 Å². The second-order valence-corrected chi connectivity index (χ2v) is 3.80. The van der Waals surface area contributed by atoms with E-state index in [0.717, 1.165) is 19.7 Å². The van der Waals surface area contributed by atoms with Crippen LogP contribution < -0.4 is 5.32 Å². The van der Waals surface area contributed by atoms with Gasteiger partial charge in [-0.2, -0.15) is 0 Å². The number of hydrogen-bond donors (Lipinski definition) is 1. The normalized spacial score (nSPS) is 39.8. The zero-order valence-electron chi connectivity index (χ0n) is 4.91. The second-order valence-electron chi connectivity index (χ2n) is 2.13. The highest BCUT2D eigenvalue weighted by Crippen LogP contribution is 2.18. The molecular weight excluding hydrogens is 170 g/mol. The van der Waals surface area contributed by atoms with Crippen LogP contribution >= 0.6 is 15.9 Å². The molecule has 1 aliphatic rings. The van der Waals surface area contributed by atoms with E-state index in [1.54, 1.807) is 0 Å². The smallest absolute Gasteiger partial charge is 0.132 e. The summed E-state index contributed by atoms with van der Waals surface area (Å²) >= 11 is 3.41. The van der Waals surface area contributed by atoms with Crippen LogP contribution in [0.1, 0.15) is 6.92 Å². The molecule has 0 aromatic carbocycles. The first kappa shape index (κ1) is 6.52. The van der Waals surface area contributed by atoms with Gasteiger partial charge in [-0.25, -0.2) is 0 Å². The summed E-state index contributed by atoms with van der Waals surface area (Å²) in [5, 5.41) is 3.20. The Morgan fingerprint density at radius 1 is 1.75 bits per heavy atom. The Kier molecular flexibility index (Phi) is 1.90. The third kappa shape index (κ3) is 1.73. The molecular formula is C5H10BrNO. The third-order valence-electron chi connectivity index (χ3n) is 1.12. The van der Waals surface area contributed by atoms with Crippen molar-refractivity contribution in [3.05, 3.63) is 0 Å². The van der Waals surface area contributed by atoms with Gasteiger partial charge in [-0.15, -0.1) is 0 Å². The van der Waals surface area contributed by atoms with Crippen LogP contribution in [0.25, 0.3) is 0 Å². The van der Waals surface area contributed by atoms with Crippen LogP contribution in [0.3, 0.4) is 0 Å². The lowest BCUT2D eigenvalue weighted by molar-refractivity contribution is 0.0204. The average molecular weight is 180 g/mol. The molecule has 0 aromatic heterocycles. The molecule has 1 N–H and O–H groups in total. The highest BCUT2D eigenvalue weighted by Gasteiger charge is 2.22. The molecule has 1 heterocycles. The van der Waals surface area contributed by atoms with Gasteiger partial charge in [0.15, 0.2) is 0 Å². The van der Waals surface area contributed by atoms with Gasteiger partial charge in [0.1, 0.15) is 4.51 Å². The first-order valence-electron chi connectivity index (χ1n) is 2.74. The van der Waals surface area contributed by atoms with E-state index in [0.29, 0.717) is 0 Å². The Morgan fingerprint density at radius 3 is 2.75 bits per heavy atom. The molecule has 0 aliphatic carbocycles. The van der Waals surface area contributed by atoms with E-state index < -0.39 is 0 Å². The van der Waals surface area contributed by atoms with Crippen LogP contribution in [0.2, 0.25) is 0 Å². The summed E-state index contributed by atoms with van der Waals surface area (Å²) in [6.07, 6.45) is 0.